The predicted octanol–water partition coefficient (Wildman–Crippen LogP) is 2.23. The normalized spacial score (nSPS) is 16.1. The Morgan fingerprint density at radius 3 is 2.44 bits per heavy atom. The molecule has 1 aliphatic heterocycles. The smallest absolute Gasteiger partial charge is 0.269 e. The second-order valence-corrected chi connectivity index (χ2v) is 6.64. The van der Waals surface area contributed by atoms with Gasteiger partial charge in [-0.05, 0) is 18.1 Å². The minimum Gasteiger partial charge on any atom is -0.484 e. The first kappa shape index (κ1) is 21.1. The third kappa shape index (κ3) is 6.48. The molecule has 1 heterocycles. The van der Waals surface area contributed by atoms with E-state index in [1.165, 1.54) is 24.3 Å². The summed E-state index contributed by atoms with van der Waals surface area (Å²) in [5.41, 5.74) is -0.00896. The van der Waals surface area contributed by atoms with Crippen molar-refractivity contribution >= 4 is 11.6 Å². The summed E-state index contributed by atoms with van der Waals surface area (Å²) >= 11 is 0. The number of hydrogen-bond acceptors (Lipinski definition) is 6. The van der Waals surface area contributed by atoms with E-state index < -0.39 is 4.92 Å². The van der Waals surface area contributed by atoms with E-state index in [1.807, 2.05) is 0 Å². The summed E-state index contributed by atoms with van der Waals surface area (Å²) in [4.78, 5) is 24.8. The van der Waals surface area contributed by atoms with Gasteiger partial charge >= 0.3 is 0 Å². The zero-order chi connectivity index (χ0) is 19.6. The maximum Gasteiger partial charge on any atom is 0.269 e. The van der Waals surface area contributed by atoms with E-state index in [9.17, 15) is 14.9 Å². The Hall–Kier alpha value is -2.19. The first-order chi connectivity index (χ1) is 13.0. The lowest BCUT2D eigenvalue weighted by atomic mass is 9.92. The van der Waals surface area contributed by atoms with Gasteiger partial charge in [-0.1, -0.05) is 26.7 Å². The number of morpholine rings is 1. The Kier molecular flexibility index (Phi) is 8.47. The molecule has 1 aromatic carbocycles. The first-order valence-corrected chi connectivity index (χ1v) is 9.50. The van der Waals surface area contributed by atoms with Crippen LogP contribution in [-0.2, 0) is 9.53 Å². The summed E-state index contributed by atoms with van der Waals surface area (Å²) < 4.78 is 10.9. The van der Waals surface area contributed by atoms with Gasteiger partial charge in [0.2, 0.25) is 0 Å². The molecule has 1 aromatic rings. The molecule has 1 fully saturated rings. The average Bonchev–Trinajstić information content (AvgIpc) is 2.70. The number of ether oxygens (including phenoxy) is 2. The van der Waals surface area contributed by atoms with Gasteiger partial charge in [-0.25, -0.2) is 0 Å². The van der Waals surface area contributed by atoms with Gasteiger partial charge < -0.3 is 14.8 Å². The lowest BCUT2D eigenvalue weighted by Crippen LogP contribution is -2.52. The summed E-state index contributed by atoms with van der Waals surface area (Å²) in [6.07, 6.45) is 2.13. The molecular weight excluding hydrogens is 350 g/mol. The van der Waals surface area contributed by atoms with Crippen molar-refractivity contribution in [2.24, 2.45) is 5.92 Å². The standard InChI is InChI=1S/C19H29N3O5/c1-3-15(4-2)18(21-9-11-26-12-10-21)13-20-19(23)14-27-17-7-5-16(6-8-17)22(24)25/h5-8,15,18H,3-4,9-14H2,1-2H3,(H,20,23). The largest absolute Gasteiger partial charge is 0.484 e. The van der Waals surface area contributed by atoms with Crippen LogP contribution in [0, 0.1) is 16.0 Å². The van der Waals surface area contributed by atoms with E-state index >= 15 is 0 Å². The van der Waals surface area contributed by atoms with Crippen LogP contribution in [0.15, 0.2) is 24.3 Å². The fourth-order valence-corrected chi connectivity index (χ4v) is 3.42. The lowest BCUT2D eigenvalue weighted by molar-refractivity contribution is -0.384. The van der Waals surface area contributed by atoms with Gasteiger partial charge in [0.25, 0.3) is 11.6 Å². The molecule has 0 radical (unpaired) electrons. The minimum absolute atomic E-state index is 0.00896. The minimum atomic E-state index is -0.472. The summed E-state index contributed by atoms with van der Waals surface area (Å²) in [5.74, 6) is 0.747. The van der Waals surface area contributed by atoms with E-state index in [1.54, 1.807) is 0 Å². The van der Waals surface area contributed by atoms with Crippen LogP contribution in [0.2, 0.25) is 0 Å². The second-order valence-electron chi connectivity index (χ2n) is 6.64. The quantitative estimate of drug-likeness (QED) is 0.495. The highest BCUT2D eigenvalue weighted by Gasteiger charge is 2.27. The van der Waals surface area contributed by atoms with Crippen LogP contribution in [0.1, 0.15) is 26.7 Å². The maximum absolute atomic E-state index is 12.2. The summed E-state index contributed by atoms with van der Waals surface area (Å²) in [6, 6.07) is 5.98. The van der Waals surface area contributed by atoms with E-state index in [4.69, 9.17) is 9.47 Å². The number of carbonyl (C=O) groups excluding carboxylic acids is 1. The molecule has 0 saturated carbocycles. The van der Waals surface area contributed by atoms with Gasteiger partial charge in [-0.2, -0.15) is 0 Å². The SMILES string of the molecule is CCC(CC)C(CNC(=O)COc1ccc([N+](=O)[O-])cc1)N1CCOCC1. The zero-order valence-electron chi connectivity index (χ0n) is 16.1. The van der Waals surface area contributed by atoms with Gasteiger partial charge in [-0.15, -0.1) is 0 Å². The van der Waals surface area contributed by atoms with Crippen LogP contribution in [-0.4, -0.2) is 61.2 Å². The van der Waals surface area contributed by atoms with E-state index in [0.29, 0.717) is 18.2 Å². The Labute approximate surface area is 160 Å². The molecular formula is C19H29N3O5. The molecule has 1 N–H and O–H groups in total. The Bertz CT molecular complexity index is 598. The number of non-ortho nitro benzene ring substituents is 1. The maximum atomic E-state index is 12.2. The van der Waals surface area contributed by atoms with Crippen LogP contribution in [0.5, 0.6) is 5.75 Å². The summed E-state index contributed by atoms with van der Waals surface area (Å²) in [7, 11) is 0. The zero-order valence-corrected chi connectivity index (χ0v) is 16.1. The number of nitro benzene ring substituents is 1. The first-order valence-electron chi connectivity index (χ1n) is 9.50. The highest BCUT2D eigenvalue weighted by Crippen LogP contribution is 2.20. The van der Waals surface area contributed by atoms with Crippen LogP contribution in [0.4, 0.5) is 5.69 Å². The fourth-order valence-electron chi connectivity index (χ4n) is 3.42. The molecule has 1 unspecified atom stereocenters. The van der Waals surface area contributed by atoms with Crippen molar-refractivity contribution in [1.82, 2.24) is 10.2 Å². The van der Waals surface area contributed by atoms with Gasteiger partial charge in [-0.3, -0.25) is 19.8 Å². The van der Waals surface area contributed by atoms with Crippen LogP contribution in [0.3, 0.4) is 0 Å². The Morgan fingerprint density at radius 2 is 1.89 bits per heavy atom. The van der Waals surface area contributed by atoms with Gasteiger partial charge in [0.15, 0.2) is 6.61 Å². The van der Waals surface area contributed by atoms with Crippen molar-refractivity contribution in [2.75, 3.05) is 39.5 Å². The average molecular weight is 379 g/mol. The molecule has 0 aliphatic carbocycles. The van der Waals surface area contributed by atoms with Crippen molar-refractivity contribution in [3.63, 3.8) is 0 Å². The monoisotopic (exact) mass is 379 g/mol. The van der Waals surface area contributed by atoms with Crippen molar-refractivity contribution in [2.45, 2.75) is 32.7 Å². The lowest BCUT2D eigenvalue weighted by Gasteiger charge is -2.38. The van der Waals surface area contributed by atoms with Crippen LogP contribution in [0.25, 0.3) is 0 Å². The molecule has 1 atom stereocenters. The summed E-state index contributed by atoms with van der Waals surface area (Å²) in [5, 5.41) is 13.6. The van der Waals surface area contributed by atoms with Crippen molar-refractivity contribution in [1.29, 1.82) is 0 Å². The van der Waals surface area contributed by atoms with Gasteiger partial charge in [0.1, 0.15) is 5.75 Å². The molecule has 8 nitrogen and oxygen atoms in total. The molecule has 150 valence electrons. The van der Waals surface area contributed by atoms with E-state index in [2.05, 4.69) is 24.1 Å². The van der Waals surface area contributed by atoms with Crippen LogP contribution < -0.4 is 10.1 Å². The number of nitrogens with zero attached hydrogens (tertiary/aromatic N) is 2. The van der Waals surface area contributed by atoms with E-state index in [0.717, 1.165) is 39.1 Å². The van der Waals surface area contributed by atoms with Gasteiger partial charge in [0.05, 0.1) is 18.1 Å². The second kappa shape index (κ2) is 10.8. The number of benzene rings is 1. The third-order valence-corrected chi connectivity index (χ3v) is 5.03. The Balaban J connectivity index is 1.84. The topological polar surface area (TPSA) is 93.9 Å². The van der Waals surface area contributed by atoms with Crippen molar-refractivity contribution in [3.8, 4) is 5.75 Å². The molecule has 2 rings (SSSR count). The van der Waals surface area contributed by atoms with Gasteiger partial charge in [0, 0.05) is 37.8 Å². The molecule has 1 saturated heterocycles. The molecule has 0 spiro atoms. The molecule has 1 aliphatic rings. The number of amides is 1. The number of hydrogen-bond donors (Lipinski definition) is 1. The van der Waals surface area contributed by atoms with Crippen molar-refractivity contribution in [3.05, 3.63) is 34.4 Å². The third-order valence-electron chi connectivity index (χ3n) is 5.03. The predicted molar refractivity (Wildman–Crippen MR) is 102 cm³/mol. The number of rotatable bonds is 10. The molecule has 0 bridgehead atoms. The van der Waals surface area contributed by atoms with E-state index in [-0.39, 0.29) is 24.2 Å². The highest BCUT2D eigenvalue weighted by atomic mass is 16.6. The highest BCUT2D eigenvalue weighted by molar-refractivity contribution is 5.77. The summed E-state index contributed by atoms with van der Waals surface area (Å²) in [6.45, 7) is 8.06. The molecule has 0 aromatic heterocycles. The molecule has 27 heavy (non-hydrogen) atoms. The number of nitrogens with one attached hydrogen (secondary N) is 1. The fraction of sp³-hybridized carbons (Fsp3) is 0.632. The molecule has 8 heteroatoms. The molecule has 1 amide bonds. The van der Waals surface area contributed by atoms with Crippen molar-refractivity contribution < 1.29 is 19.2 Å². The van der Waals surface area contributed by atoms with Crippen LogP contribution >= 0.6 is 0 Å². The number of carbonyl (C=O) groups is 1. The number of nitro groups is 1. The Morgan fingerprint density at radius 1 is 1.26 bits per heavy atom.